The van der Waals surface area contributed by atoms with Gasteiger partial charge < -0.3 is 5.73 Å². The van der Waals surface area contributed by atoms with Crippen molar-refractivity contribution in [1.29, 1.82) is 0 Å². The van der Waals surface area contributed by atoms with Crippen LogP contribution in [0.15, 0.2) is 17.3 Å². The van der Waals surface area contributed by atoms with Crippen LogP contribution in [0.5, 0.6) is 0 Å². The molecule has 0 aliphatic heterocycles. The second-order valence-corrected chi connectivity index (χ2v) is 7.53. The first-order chi connectivity index (χ1) is 10.1. The summed E-state index contributed by atoms with van der Waals surface area (Å²) in [6.07, 6.45) is 8.72. The van der Waals surface area contributed by atoms with E-state index in [4.69, 9.17) is 5.73 Å². The topological polar surface area (TPSA) is 81.2 Å². The molecule has 0 saturated heterocycles. The second kappa shape index (κ2) is 7.38. The third-order valence-electron chi connectivity index (χ3n) is 4.16. The third kappa shape index (κ3) is 3.84. The third-order valence-corrected chi connectivity index (χ3v) is 6.19. The molecule has 2 N–H and O–H groups in total. The van der Waals surface area contributed by atoms with Gasteiger partial charge in [-0.1, -0.05) is 25.7 Å². The van der Waals surface area contributed by atoms with Crippen LogP contribution in [0.2, 0.25) is 0 Å². The molecule has 6 nitrogen and oxygen atoms in total. The zero-order chi connectivity index (χ0) is 15.3. The van der Waals surface area contributed by atoms with Crippen LogP contribution in [0.4, 0.5) is 0 Å². The average molecular weight is 314 g/mol. The quantitative estimate of drug-likeness (QED) is 0.807. The van der Waals surface area contributed by atoms with Crippen molar-refractivity contribution < 1.29 is 8.42 Å². The zero-order valence-corrected chi connectivity index (χ0v) is 13.6. The van der Waals surface area contributed by atoms with Gasteiger partial charge in [-0.3, -0.25) is 4.68 Å². The molecule has 0 bridgehead atoms. The monoisotopic (exact) mass is 314 g/mol. The molecule has 1 fully saturated rings. The number of nitrogens with zero attached hydrogens (tertiary/aromatic N) is 3. The summed E-state index contributed by atoms with van der Waals surface area (Å²) in [6, 6.07) is 1.67. The molecule has 1 saturated carbocycles. The van der Waals surface area contributed by atoms with E-state index >= 15 is 0 Å². The summed E-state index contributed by atoms with van der Waals surface area (Å²) >= 11 is 0. The number of aryl methyl sites for hydroxylation is 1. The molecule has 1 heterocycles. The Morgan fingerprint density at radius 3 is 2.52 bits per heavy atom. The first-order valence-corrected chi connectivity index (χ1v) is 9.21. The maximum absolute atomic E-state index is 13.0. The maximum Gasteiger partial charge on any atom is 0.260 e. The number of sulfonamides is 1. The molecule has 1 aromatic heterocycles. The molecule has 0 spiro atoms. The van der Waals surface area contributed by atoms with Crippen molar-refractivity contribution in [3.8, 4) is 0 Å². The summed E-state index contributed by atoms with van der Waals surface area (Å²) in [7, 11) is -1.83. The minimum Gasteiger partial charge on any atom is -0.330 e. The van der Waals surface area contributed by atoms with Gasteiger partial charge in [0.1, 0.15) is 0 Å². The van der Waals surface area contributed by atoms with E-state index in [1.807, 2.05) is 0 Å². The van der Waals surface area contributed by atoms with E-state index in [-0.39, 0.29) is 11.1 Å². The van der Waals surface area contributed by atoms with Crippen molar-refractivity contribution in [2.24, 2.45) is 12.8 Å². The first-order valence-electron chi connectivity index (χ1n) is 7.77. The molecule has 7 heteroatoms. The van der Waals surface area contributed by atoms with Gasteiger partial charge in [0.2, 0.25) is 0 Å². The Labute approximate surface area is 127 Å². The van der Waals surface area contributed by atoms with Crippen LogP contribution in [0.3, 0.4) is 0 Å². The molecular weight excluding hydrogens is 288 g/mol. The van der Waals surface area contributed by atoms with Gasteiger partial charge in [0, 0.05) is 19.6 Å². The molecule has 1 aliphatic carbocycles. The van der Waals surface area contributed by atoms with E-state index in [1.165, 1.54) is 23.7 Å². The number of nitrogens with two attached hydrogens (primary N) is 1. The van der Waals surface area contributed by atoms with E-state index in [2.05, 4.69) is 5.10 Å². The number of rotatable bonds is 6. The highest BCUT2D eigenvalue weighted by Crippen LogP contribution is 2.27. The minimum absolute atomic E-state index is 0.0962. The second-order valence-electron chi connectivity index (χ2n) is 5.70. The summed E-state index contributed by atoms with van der Waals surface area (Å²) in [4.78, 5) is 0. The molecule has 120 valence electrons. The molecule has 2 rings (SSSR count). The lowest BCUT2D eigenvalue weighted by molar-refractivity contribution is 0.288. The summed E-state index contributed by atoms with van der Waals surface area (Å²) < 4.78 is 29.0. The fourth-order valence-electron chi connectivity index (χ4n) is 3.03. The molecular formula is C14H26N4O2S. The average Bonchev–Trinajstić information content (AvgIpc) is 2.73. The zero-order valence-electron chi connectivity index (χ0n) is 12.7. The smallest absolute Gasteiger partial charge is 0.260 e. The lowest BCUT2D eigenvalue weighted by atomic mass is 10.1. The van der Waals surface area contributed by atoms with Gasteiger partial charge in [0.15, 0.2) is 5.03 Å². The summed E-state index contributed by atoms with van der Waals surface area (Å²) in [5.41, 5.74) is 5.59. The normalized spacial score (nSPS) is 18.0. The maximum atomic E-state index is 13.0. The lowest BCUT2D eigenvalue weighted by Crippen LogP contribution is -2.42. The Morgan fingerprint density at radius 1 is 1.33 bits per heavy atom. The highest BCUT2D eigenvalue weighted by Gasteiger charge is 2.33. The van der Waals surface area contributed by atoms with Gasteiger partial charge in [-0.2, -0.15) is 9.40 Å². The van der Waals surface area contributed by atoms with Gasteiger partial charge in [-0.25, -0.2) is 8.42 Å². The van der Waals surface area contributed by atoms with Gasteiger partial charge >= 0.3 is 0 Å². The molecule has 0 amide bonds. The molecule has 1 aliphatic rings. The van der Waals surface area contributed by atoms with Crippen molar-refractivity contribution in [1.82, 2.24) is 14.1 Å². The summed E-state index contributed by atoms with van der Waals surface area (Å²) in [6.45, 7) is 0.999. The Kier molecular flexibility index (Phi) is 5.78. The van der Waals surface area contributed by atoms with Gasteiger partial charge in [0.25, 0.3) is 10.0 Å². The van der Waals surface area contributed by atoms with E-state index in [1.54, 1.807) is 17.4 Å². The van der Waals surface area contributed by atoms with Crippen LogP contribution >= 0.6 is 0 Å². The standard InChI is InChI=1S/C14H26N4O2S/c1-17-14(9-11-16-17)21(19,20)18(12-6-10-15)13-7-4-2-3-5-8-13/h9,11,13H,2-8,10,12,15H2,1H3. The van der Waals surface area contributed by atoms with Crippen LogP contribution in [0.25, 0.3) is 0 Å². The van der Waals surface area contributed by atoms with E-state index in [0.29, 0.717) is 19.5 Å². The molecule has 0 aromatic carbocycles. The highest BCUT2D eigenvalue weighted by molar-refractivity contribution is 7.89. The van der Waals surface area contributed by atoms with E-state index < -0.39 is 10.0 Å². The van der Waals surface area contributed by atoms with Crippen LogP contribution in [0.1, 0.15) is 44.9 Å². The molecule has 0 atom stereocenters. The highest BCUT2D eigenvalue weighted by atomic mass is 32.2. The van der Waals surface area contributed by atoms with Crippen LogP contribution in [-0.2, 0) is 17.1 Å². The van der Waals surface area contributed by atoms with Crippen LogP contribution < -0.4 is 5.73 Å². The summed E-state index contributed by atoms with van der Waals surface area (Å²) in [5.74, 6) is 0. The van der Waals surface area contributed by atoms with Crippen molar-refractivity contribution in [2.45, 2.75) is 56.0 Å². The minimum atomic E-state index is -3.50. The fraction of sp³-hybridized carbons (Fsp3) is 0.786. The van der Waals surface area contributed by atoms with Gasteiger partial charge in [-0.05, 0) is 31.9 Å². The number of hydrogen-bond donors (Lipinski definition) is 1. The lowest BCUT2D eigenvalue weighted by Gasteiger charge is -2.30. The van der Waals surface area contributed by atoms with E-state index in [9.17, 15) is 8.42 Å². The molecule has 21 heavy (non-hydrogen) atoms. The Balaban J connectivity index is 2.27. The molecule has 1 aromatic rings. The predicted molar refractivity (Wildman–Crippen MR) is 82.3 cm³/mol. The number of hydrogen-bond acceptors (Lipinski definition) is 4. The fourth-order valence-corrected chi connectivity index (χ4v) is 4.85. The van der Waals surface area contributed by atoms with Crippen molar-refractivity contribution in [3.05, 3.63) is 12.3 Å². The Hall–Kier alpha value is -0.920. The van der Waals surface area contributed by atoms with Crippen molar-refractivity contribution >= 4 is 10.0 Å². The summed E-state index contributed by atoms with van der Waals surface area (Å²) in [5, 5.41) is 4.26. The Morgan fingerprint density at radius 2 is 2.00 bits per heavy atom. The number of aromatic nitrogens is 2. The van der Waals surface area contributed by atoms with Crippen molar-refractivity contribution in [2.75, 3.05) is 13.1 Å². The Bertz CT molecular complexity index is 533. The van der Waals surface area contributed by atoms with Crippen molar-refractivity contribution in [3.63, 3.8) is 0 Å². The van der Waals surface area contributed by atoms with Crippen LogP contribution in [-0.4, -0.2) is 41.6 Å². The first kappa shape index (κ1) is 16.5. The van der Waals surface area contributed by atoms with Crippen LogP contribution in [0, 0.1) is 0 Å². The SMILES string of the molecule is Cn1nccc1S(=O)(=O)N(CCCN)C1CCCCCC1. The largest absolute Gasteiger partial charge is 0.330 e. The molecule has 0 unspecified atom stereocenters. The van der Waals surface area contributed by atoms with Gasteiger partial charge in [0.05, 0.1) is 6.20 Å². The van der Waals surface area contributed by atoms with Gasteiger partial charge in [-0.15, -0.1) is 0 Å². The predicted octanol–water partition coefficient (Wildman–Crippen LogP) is 1.48. The molecule has 0 radical (unpaired) electrons. The van der Waals surface area contributed by atoms with E-state index in [0.717, 1.165) is 25.7 Å².